The molecule has 1 aliphatic rings. The average molecular weight is 436 g/mol. The summed E-state index contributed by atoms with van der Waals surface area (Å²) in [7, 11) is 3.01. The van der Waals surface area contributed by atoms with E-state index in [1.54, 1.807) is 47.5 Å². The van der Waals surface area contributed by atoms with Crippen LogP contribution in [0.3, 0.4) is 0 Å². The molecule has 166 valence electrons. The number of nitrogens with zero attached hydrogens (tertiary/aromatic N) is 3. The van der Waals surface area contributed by atoms with Crippen molar-refractivity contribution in [3.8, 4) is 11.5 Å². The Morgan fingerprint density at radius 3 is 2.25 bits per heavy atom. The van der Waals surface area contributed by atoms with Gasteiger partial charge in [0, 0.05) is 26.2 Å². The van der Waals surface area contributed by atoms with Crippen LogP contribution in [0.2, 0.25) is 0 Å². The van der Waals surface area contributed by atoms with Crippen LogP contribution in [0.5, 0.6) is 11.5 Å². The number of amides is 2. The summed E-state index contributed by atoms with van der Waals surface area (Å²) < 4.78 is 15.8. The van der Waals surface area contributed by atoms with Crippen LogP contribution in [-0.2, 0) is 0 Å². The fourth-order valence-electron chi connectivity index (χ4n) is 3.61. The first kappa shape index (κ1) is 21.2. The molecule has 9 heteroatoms. The minimum atomic E-state index is -0.348. The minimum absolute atomic E-state index is 0.104. The predicted molar refractivity (Wildman–Crippen MR) is 119 cm³/mol. The topological polar surface area (TPSA) is 97.1 Å². The summed E-state index contributed by atoms with van der Waals surface area (Å²) in [6.07, 6.45) is 3.10. The molecule has 4 rings (SSSR count). The fraction of sp³-hybridized carbons (Fsp3) is 0.261. The van der Waals surface area contributed by atoms with Gasteiger partial charge in [0.05, 0.1) is 32.4 Å². The van der Waals surface area contributed by atoms with Crippen molar-refractivity contribution < 1.29 is 23.5 Å². The Balaban J connectivity index is 1.38. The first-order valence-electron chi connectivity index (χ1n) is 10.2. The highest BCUT2D eigenvalue weighted by atomic mass is 16.5. The van der Waals surface area contributed by atoms with E-state index < -0.39 is 0 Å². The number of carbonyl (C=O) groups is 2. The second kappa shape index (κ2) is 9.42. The molecule has 9 nitrogen and oxygen atoms in total. The highest BCUT2D eigenvalue weighted by molar-refractivity contribution is 6.08. The normalized spacial score (nSPS) is 13.6. The van der Waals surface area contributed by atoms with E-state index in [4.69, 9.17) is 13.9 Å². The van der Waals surface area contributed by atoms with E-state index in [1.807, 2.05) is 6.07 Å². The van der Waals surface area contributed by atoms with Gasteiger partial charge >= 0.3 is 0 Å². The van der Waals surface area contributed by atoms with Crippen molar-refractivity contribution in [2.45, 2.75) is 0 Å². The molecule has 1 aliphatic heterocycles. The van der Waals surface area contributed by atoms with Gasteiger partial charge in [-0.25, -0.2) is 4.98 Å². The molecule has 0 unspecified atom stereocenters. The molecule has 1 fully saturated rings. The molecule has 2 aromatic heterocycles. The molecule has 0 bridgehead atoms. The number of hydrogen-bond acceptors (Lipinski definition) is 7. The molecule has 1 aromatic carbocycles. The smallest absolute Gasteiger partial charge is 0.289 e. The lowest BCUT2D eigenvalue weighted by Crippen LogP contribution is -2.49. The third kappa shape index (κ3) is 4.36. The van der Waals surface area contributed by atoms with E-state index in [9.17, 15) is 9.59 Å². The van der Waals surface area contributed by atoms with E-state index in [0.717, 1.165) is 5.82 Å². The van der Waals surface area contributed by atoms with Crippen LogP contribution in [-0.4, -0.2) is 62.1 Å². The van der Waals surface area contributed by atoms with Crippen molar-refractivity contribution in [2.24, 2.45) is 0 Å². The lowest BCUT2D eigenvalue weighted by atomic mass is 10.1. The van der Waals surface area contributed by atoms with Gasteiger partial charge in [0.25, 0.3) is 11.8 Å². The van der Waals surface area contributed by atoms with Gasteiger partial charge in [0.15, 0.2) is 5.76 Å². The Labute approximate surface area is 185 Å². The molecular weight excluding hydrogens is 412 g/mol. The molecule has 1 saturated heterocycles. The third-order valence-corrected chi connectivity index (χ3v) is 5.28. The first-order chi connectivity index (χ1) is 15.6. The number of carbonyl (C=O) groups excluding carboxylic acids is 2. The van der Waals surface area contributed by atoms with Gasteiger partial charge in [-0.05, 0) is 36.4 Å². The molecule has 0 spiro atoms. The van der Waals surface area contributed by atoms with Crippen LogP contribution in [0.15, 0.2) is 59.3 Å². The number of benzene rings is 1. The minimum Gasteiger partial charge on any atom is -0.496 e. The van der Waals surface area contributed by atoms with Crippen molar-refractivity contribution in [2.75, 3.05) is 50.6 Å². The zero-order valence-corrected chi connectivity index (χ0v) is 17.9. The van der Waals surface area contributed by atoms with Crippen molar-refractivity contribution in [3.05, 3.63) is 66.2 Å². The summed E-state index contributed by atoms with van der Waals surface area (Å²) in [5.41, 5.74) is 0.872. The molecule has 0 radical (unpaired) electrons. The maximum Gasteiger partial charge on any atom is 0.289 e. The van der Waals surface area contributed by atoms with Gasteiger partial charge in [-0.3, -0.25) is 9.59 Å². The lowest BCUT2D eigenvalue weighted by molar-refractivity contribution is 0.0714. The molecule has 3 heterocycles. The van der Waals surface area contributed by atoms with Gasteiger partial charge in [0.1, 0.15) is 22.9 Å². The van der Waals surface area contributed by atoms with Crippen LogP contribution >= 0.6 is 0 Å². The zero-order chi connectivity index (χ0) is 22.5. The maximum absolute atomic E-state index is 12.8. The van der Waals surface area contributed by atoms with Crippen LogP contribution in [0.1, 0.15) is 20.9 Å². The molecule has 0 aliphatic carbocycles. The number of rotatable bonds is 6. The fourth-order valence-corrected chi connectivity index (χ4v) is 3.61. The molecule has 0 atom stereocenters. The SMILES string of the molecule is COc1cccc(OC)c1C(=O)Nc1ccc(N2CCN(C(=O)c3ccco3)CC2)nc1. The van der Waals surface area contributed by atoms with E-state index in [2.05, 4.69) is 15.2 Å². The van der Waals surface area contributed by atoms with E-state index >= 15 is 0 Å². The van der Waals surface area contributed by atoms with Gasteiger partial charge in [-0.1, -0.05) is 6.07 Å². The van der Waals surface area contributed by atoms with Crippen molar-refractivity contribution in [1.29, 1.82) is 0 Å². The number of nitrogens with one attached hydrogen (secondary N) is 1. The number of ether oxygens (including phenoxy) is 2. The van der Waals surface area contributed by atoms with Gasteiger partial charge in [-0.15, -0.1) is 0 Å². The number of anilines is 2. The van der Waals surface area contributed by atoms with Gasteiger partial charge in [0.2, 0.25) is 0 Å². The summed E-state index contributed by atoms with van der Waals surface area (Å²) in [6.45, 7) is 2.47. The standard InChI is InChI=1S/C23H24N4O5/c1-30-17-5-3-6-18(31-2)21(17)22(28)25-16-8-9-20(24-15-16)26-10-12-27(13-11-26)23(29)19-7-4-14-32-19/h3-9,14-15H,10-13H2,1-2H3,(H,25,28). The summed E-state index contributed by atoms with van der Waals surface area (Å²) in [5.74, 6) is 1.53. The van der Waals surface area contributed by atoms with Crippen LogP contribution in [0.25, 0.3) is 0 Å². The Morgan fingerprint density at radius 1 is 0.969 bits per heavy atom. The third-order valence-electron chi connectivity index (χ3n) is 5.28. The second-order valence-corrected chi connectivity index (χ2v) is 7.15. The Morgan fingerprint density at radius 2 is 1.69 bits per heavy atom. The Kier molecular flexibility index (Phi) is 6.25. The highest BCUT2D eigenvalue weighted by Gasteiger charge is 2.24. The summed E-state index contributed by atoms with van der Waals surface area (Å²) in [5, 5.41) is 2.83. The number of aromatic nitrogens is 1. The molecule has 1 N–H and O–H groups in total. The summed E-state index contributed by atoms with van der Waals surface area (Å²) >= 11 is 0. The van der Waals surface area contributed by atoms with Crippen LogP contribution in [0, 0.1) is 0 Å². The summed E-state index contributed by atoms with van der Waals surface area (Å²) in [4.78, 5) is 33.6. The molecule has 2 amide bonds. The quantitative estimate of drug-likeness (QED) is 0.635. The van der Waals surface area contributed by atoms with Gasteiger partial charge in [-0.2, -0.15) is 0 Å². The predicted octanol–water partition coefficient (Wildman–Crippen LogP) is 2.91. The summed E-state index contributed by atoms with van der Waals surface area (Å²) in [6, 6.07) is 12.2. The van der Waals surface area contributed by atoms with E-state index in [0.29, 0.717) is 54.7 Å². The number of piperazine rings is 1. The van der Waals surface area contributed by atoms with Crippen LogP contribution in [0.4, 0.5) is 11.5 Å². The Hall–Kier alpha value is -4.01. The van der Waals surface area contributed by atoms with Gasteiger partial charge < -0.3 is 29.0 Å². The monoisotopic (exact) mass is 436 g/mol. The molecule has 3 aromatic rings. The Bertz CT molecular complexity index is 1050. The first-order valence-corrected chi connectivity index (χ1v) is 10.2. The largest absolute Gasteiger partial charge is 0.496 e. The van der Waals surface area contributed by atoms with Crippen molar-refractivity contribution >= 4 is 23.3 Å². The van der Waals surface area contributed by atoms with Crippen molar-refractivity contribution in [3.63, 3.8) is 0 Å². The number of pyridine rings is 1. The van der Waals surface area contributed by atoms with Crippen molar-refractivity contribution in [1.82, 2.24) is 9.88 Å². The maximum atomic E-state index is 12.8. The van der Waals surface area contributed by atoms with Crippen LogP contribution < -0.4 is 19.7 Å². The van der Waals surface area contributed by atoms with E-state index in [1.165, 1.54) is 20.5 Å². The molecule has 0 saturated carbocycles. The number of furan rings is 1. The second-order valence-electron chi connectivity index (χ2n) is 7.15. The lowest BCUT2D eigenvalue weighted by Gasteiger charge is -2.35. The molecule has 32 heavy (non-hydrogen) atoms. The molecular formula is C23H24N4O5. The van der Waals surface area contributed by atoms with E-state index in [-0.39, 0.29) is 11.8 Å². The zero-order valence-electron chi connectivity index (χ0n) is 17.9. The number of hydrogen-bond donors (Lipinski definition) is 1. The number of methoxy groups -OCH3 is 2. The highest BCUT2D eigenvalue weighted by Crippen LogP contribution is 2.29. The average Bonchev–Trinajstić information content (AvgIpc) is 3.38.